The van der Waals surface area contributed by atoms with Gasteiger partial charge in [0.1, 0.15) is 5.82 Å². The van der Waals surface area contributed by atoms with Gasteiger partial charge in [-0.15, -0.1) is 0 Å². The largest absolute Gasteiger partial charge is 1.00 e. The predicted octanol–water partition coefficient (Wildman–Crippen LogP) is -5.12. The molecule has 72 valence electrons. The molecule has 15 heavy (non-hydrogen) atoms. The molecule has 0 saturated carbocycles. The normalized spacial score (nSPS) is 9.80. The van der Waals surface area contributed by atoms with Gasteiger partial charge in [-0.1, -0.05) is 12.1 Å². The fourth-order valence-corrected chi connectivity index (χ4v) is 2.03. The van der Waals surface area contributed by atoms with E-state index in [0.29, 0.717) is 5.56 Å². The summed E-state index contributed by atoms with van der Waals surface area (Å²) >= 11 is 0. The monoisotopic (exact) mass is 267 g/mol. The van der Waals surface area contributed by atoms with E-state index in [9.17, 15) is 17.7 Å². The van der Waals surface area contributed by atoms with Crippen LogP contribution in [0.3, 0.4) is 0 Å². The first kappa shape index (κ1) is 18.8. The zero-order valence-electron chi connectivity index (χ0n) is 8.44. The summed E-state index contributed by atoms with van der Waals surface area (Å²) in [6.07, 6.45) is 0. The predicted molar refractivity (Wildman–Crippen MR) is 47.2 cm³/mol. The van der Waals surface area contributed by atoms with E-state index in [-0.39, 0.29) is 75.2 Å². The van der Waals surface area contributed by atoms with E-state index in [1.54, 1.807) is 0 Å². The van der Waals surface area contributed by atoms with Crippen LogP contribution in [0.2, 0.25) is 0 Å². The summed E-state index contributed by atoms with van der Waals surface area (Å²) in [5, 5.41) is 0. The molecule has 0 saturated heterocycles. The van der Waals surface area contributed by atoms with Gasteiger partial charge in [0.2, 0.25) is 16.1 Å². The molecule has 0 amide bonds. The molecule has 0 heterocycles. The smallest absolute Gasteiger partial charge is 0.746 e. The van der Waals surface area contributed by atoms with Gasteiger partial charge in [-0.3, -0.25) is 0 Å². The Morgan fingerprint density at radius 2 is 1.67 bits per heavy atom. The molecule has 0 unspecified atom stereocenters. The van der Waals surface area contributed by atoms with E-state index in [4.69, 9.17) is 0 Å². The van der Waals surface area contributed by atoms with Gasteiger partial charge in [-0.25, -0.2) is 8.60 Å². The quantitative estimate of drug-likeness (QED) is 0.398. The van der Waals surface area contributed by atoms with Gasteiger partial charge in [0.05, 0.1) is 9.05 Å². The van der Waals surface area contributed by atoms with Crippen LogP contribution in [0, 0.1) is 5.82 Å². The van der Waals surface area contributed by atoms with Crippen LogP contribution in [0.15, 0.2) is 24.3 Å². The summed E-state index contributed by atoms with van der Waals surface area (Å²) in [5.41, 5.74) is 0.603. The molecule has 0 radical (unpaired) electrons. The van der Waals surface area contributed by atoms with Crippen LogP contribution >= 0.6 is 0 Å². The molecule has 8 heteroatoms. The average Bonchev–Trinajstić information content (AvgIpc) is 2.02. The number of benzene rings is 1. The second-order valence-electron chi connectivity index (χ2n) is 2.30. The molecule has 0 aromatic heterocycles. The second-order valence-corrected chi connectivity index (χ2v) is 5.57. The zero-order valence-corrected chi connectivity index (χ0v) is 14.1. The minimum absolute atomic E-state index is 0. The summed E-state index contributed by atoms with van der Waals surface area (Å²) in [6.45, 7) is 0. The third-order valence-corrected chi connectivity index (χ3v) is 3.24. The maximum Gasteiger partial charge on any atom is 1.00 e. The summed E-state index contributed by atoms with van der Waals surface area (Å²) < 4.78 is 43.0. The van der Waals surface area contributed by atoms with E-state index >= 15 is 0 Å². The van der Waals surface area contributed by atoms with Gasteiger partial charge in [0.25, 0.3) is 0 Å². The summed E-state index contributed by atoms with van der Waals surface area (Å²) in [5.74, 6) is -0.342. The van der Waals surface area contributed by atoms with Crippen LogP contribution in [-0.2, 0) is 25.1 Å². The Balaban J connectivity index is 0. The molecule has 0 bridgehead atoms. The SMILES string of the molecule is O=S([O-])([O-])=[S+]Cc1ccc(F)cc1.[Na+].[Na+]. The van der Waals surface area contributed by atoms with E-state index in [1.165, 1.54) is 24.3 Å². The van der Waals surface area contributed by atoms with Gasteiger partial charge in [0, 0.05) is 5.56 Å². The number of hydrogen-bond donors (Lipinski definition) is 0. The standard InChI is InChI=1S/C7H7FO3S2.2Na/c8-7-3-1-6(2-4-7)5-12-13(9,10)11;;/h1-4H,5H2,(H-,9,10,11);;/q;2*+1/p-1. The summed E-state index contributed by atoms with van der Waals surface area (Å²) in [7, 11) is -3.97. The van der Waals surface area contributed by atoms with Crippen LogP contribution in [0.4, 0.5) is 4.39 Å². The molecule has 0 fully saturated rings. The van der Waals surface area contributed by atoms with Crippen LogP contribution in [0.5, 0.6) is 0 Å². The van der Waals surface area contributed by atoms with E-state index < -0.39 is 14.9 Å². The van der Waals surface area contributed by atoms with Crippen molar-refractivity contribution in [2.24, 2.45) is 0 Å². The van der Waals surface area contributed by atoms with Crippen LogP contribution in [-0.4, -0.2) is 13.3 Å². The molecule has 1 aromatic rings. The Kier molecular flexibility index (Phi) is 10.7. The summed E-state index contributed by atoms with van der Waals surface area (Å²) in [6, 6.07) is 5.31. The van der Waals surface area contributed by atoms with Crippen LogP contribution < -0.4 is 59.1 Å². The van der Waals surface area contributed by atoms with Crippen molar-refractivity contribution in [3.63, 3.8) is 0 Å². The fraction of sp³-hybridized carbons (Fsp3) is 0.143. The van der Waals surface area contributed by atoms with Gasteiger partial charge in [-0.05, 0) is 12.1 Å². The van der Waals surface area contributed by atoms with Crippen LogP contribution in [0.1, 0.15) is 5.56 Å². The molecule has 0 atom stereocenters. The van der Waals surface area contributed by atoms with Crippen molar-refractivity contribution in [2.75, 3.05) is 0 Å². The first-order valence-electron chi connectivity index (χ1n) is 3.32. The Bertz CT molecular complexity index is 393. The molecule has 0 aliphatic heterocycles. The average molecular weight is 267 g/mol. The molecular weight excluding hydrogens is 261 g/mol. The molecule has 0 spiro atoms. The second kappa shape index (κ2) is 8.52. The molecule has 1 aromatic carbocycles. The maximum atomic E-state index is 12.4. The van der Waals surface area contributed by atoms with Crippen molar-refractivity contribution in [2.45, 2.75) is 5.75 Å². The first-order valence-corrected chi connectivity index (χ1v) is 6.23. The Morgan fingerprint density at radius 3 is 2.07 bits per heavy atom. The number of halogens is 1. The van der Waals surface area contributed by atoms with Crippen molar-refractivity contribution in [3.8, 4) is 0 Å². The first-order chi connectivity index (χ1) is 5.97. The minimum atomic E-state index is -4.26. The van der Waals surface area contributed by atoms with E-state index in [2.05, 4.69) is 0 Å². The fourth-order valence-electron chi connectivity index (χ4n) is 0.721. The third kappa shape index (κ3) is 9.17. The van der Waals surface area contributed by atoms with Crippen molar-refractivity contribution in [1.29, 1.82) is 0 Å². The van der Waals surface area contributed by atoms with Gasteiger partial charge >= 0.3 is 59.1 Å². The molecule has 1 rings (SSSR count). The molecule has 0 aliphatic carbocycles. The number of rotatable bonds is 2. The molecule has 3 nitrogen and oxygen atoms in total. The Hall–Kier alpha value is 1.44. The minimum Gasteiger partial charge on any atom is -0.746 e. The third-order valence-electron chi connectivity index (χ3n) is 1.28. The molecular formula is C7H6FNa2O3S2+. The van der Waals surface area contributed by atoms with Crippen LogP contribution in [0.25, 0.3) is 0 Å². The Labute approximate surface area is 136 Å². The van der Waals surface area contributed by atoms with Gasteiger partial charge < -0.3 is 9.11 Å². The van der Waals surface area contributed by atoms with Crippen molar-refractivity contribution in [3.05, 3.63) is 35.6 Å². The van der Waals surface area contributed by atoms with E-state index in [1.807, 2.05) is 0 Å². The van der Waals surface area contributed by atoms with Crippen molar-refractivity contribution in [1.82, 2.24) is 0 Å². The van der Waals surface area contributed by atoms with Gasteiger partial charge in [0.15, 0.2) is 0 Å². The topological polar surface area (TPSA) is 63.2 Å². The van der Waals surface area contributed by atoms with E-state index in [0.717, 1.165) is 0 Å². The number of hydrogen-bond acceptors (Lipinski definition) is 3. The summed E-state index contributed by atoms with van der Waals surface area (Å²) in [4.78, 5) is 0. The van der Waals surface area contributed by atoms with Gasteiger partial charge in [-0.2, -0.15) is 0 Å². The van der Waals surface area contributed by atoms with Crippen molar-refractivity contribution >= 4 is 19.4 Å². The maximum absolute atomic E-state index is 12.4. The molecule has 0 N–H and O–H groups in total. The molecule has 0 aliphatic rings. The zero-order chi connectivity index (χ0) is 9.90. The van der Waals surface area contributed by atoms with Crippen molar-refractivity contribution < 1.29 is 76.8 Å². The Morgan fingerprint density at radius 1 is 1.20 bits per heavy atom.